The molecule has 0 heterocycles. The molecule has 3 rings (SSSR count). The molecule has 16 nitrogen and oxygen atoms in total. The van der Waals surface area contributed by atoms with E-state index >= 15 is 0 Å². The second kappa shape index (κ2) is 17.7. The van der Waals surface area contributed by atoms with E-state index in [0.717, 1.165) is 0 Å². The van der Waals surface area contributed by atoms with Gasteiger partial charge in [0.1, 0.15) is 0 Å². The zero-order chi connectivity index (χ0) is 36.2. The Balaban J connectivity index is 1.72. The van der Waals surface area contributed by atoms with Crippen molar-refractivity contribution >= 4 is 30.1 Å². The molecule has 0 fully saturated rings. The molecule has 0 saturated carbocycles. The van der Waals surface area contributed by atoms with E-state index in [9.17, 15) is 25.3 Å². The van der Waals surface area contributed by atoms with Gasteiger partial charge in [-0.2, -0.15) is 0 Å². The van der Waals surface area contributed by atoms with E-state index in [-0.39, 0.29) is 71.2 Å². The lowest BCUT2D eigenvalue weighted by atomic mass is 10.3. The average molecular weight is 747 g/mol. The lowest BCUT2D eigenvalue weighted by molar-refractivity contribution is 0.287. The van der Waals surface area contributed by atoms with Crippen molar-refractivity contribution in [2.45, 2.75) is 14.7 Å². The second-order valence-corrected chi connectivity index (χ2v) is 15.4. The molecule has 0 unspecified atom stereocenters. The predicted molar refractivity (Wildman–Crippen MR) is 181 cm³/mol. The zero-order valence-electron chi connectivity index (χ0n) is 28.0. The summed E-state index contributed by atoms with van der Waals surface area (Å²) in [5, 5.41) is 0. The summed E-state index contributed by atoms with van der Waals surface area (Å²) in [7, 11) is -3.48. The fourth-order valence-corrected chi connectivity index (χ4v) is 7.66. The zero-order valence-corrected chi connectivity index (χ0v) is 30.5. The first-order chi connectivity index (χ1) is 23.2. The fraction of sp³-hybridized carbons (Fsp3) is 0.400. The van der Waals surface area contributed by atoms with E-state index in [2.05, 4.69) is 14.2 Å². The Labute approximate surface area is 287 Å². The number of hydrogen-bond acceptors (Lipinski definition) is 13. The Morgan fingerprint density at radius 3 is 0.898 bits per heavy atom. The average Bonchev–Trinajstić information content (AvgIpc) is 3.10. The molecule has 0 saturated heterocycles. The molecule has 3 aromatic carbocycles. The van der Waals surface area contributed by atoms with Crippen LogP contribution in [0.4, 0.5) is 0 Å². The maximum Gasteiger partial charge on any atom is 0.240 e. The van der Waals surface area contributed by atoms with Crippen LogP contribution in [0.5, 0.6) is 34.5 Å². The highest BCUT2D eigenvalue weighted by Gasteiger charge is 2.21. The molecule has 19 heteroatoms. The molecule has 0 spiro atoms. The SMILES string of the molecule is COc1ccc(S(=O)(=O)NCCN(CCNS(=O)(=O)c2ccc(OC)c(OC)c2)CCNS(=O)(=O)c2ccc(OC)c(OC)c2)cc1OC. The van der Waals surface area contributed by atoms with Crippen molar-refractivity contribution in [3.8, 4) is 34.5 Å². The summed E-state index contributed by atoms with van der Waals surface area (Å²) < 4.78 is 117. The first kappa shape index (κ1) is 39.6. The van der Waals surface area contributed by atoms with Crippen LogP contribution in [0.25, 0.3) is 0 Å². The third-order valence-electron chi connectivity index (χ3n) is 7.16. The monoisotopic (exact) mass is 746 g/mol. The van der Waals surface area contributed by atoms with Crippen LogP contribution < -0.4 is 42.6 Å². The third kappa shape index (κ3) is 10.6. The Morgan fingerprint density at radius 1 is 0.429 bits per heavy atom. The summed E-state index contributed by atoms with van der Waals surface area (Å²) in [6.07, 6.45) is 0. The van der Waals surface area contributed by atoms with Crippen molar-refractivity contribution in [1.82, 2.24) is 19.1 Å². The summed E-state index contributed by atoms with van der Waals surface area (Å²) >= 11 is 0. The number of methoxy groups -OCH3 is 6. The minimum absolute atomic E-state index is 0.0536. The second-order valence-electron chi connectivity index (χ2n) is 10.1. The molecule has 3 N–H and O–H groups in total. The largest absolute Gasteiger partial charge is 0.493 e. The Kier molecular flexibility index (Phi) is 14.3. The van der Waals surface area contributed by atoms with Crippen molar-refractivity contribution < 1.29 is 53.7 Å². The van der Waals surface area contributed by atoms with Crippen LogP contribution >= 0.6 is 0 Å². The summed E-state index contributed by atoms with van der Waals surface area (Å²) in [5.41, 5.74) is 0. The first-order valence-corrected chi connectivity index (χ1v) is 19.1. The number of benzene rings is 3. The minimum Gasteiger partial charge on any atom is -0.493 e. The van der Waals surface area contributed by atoms with E-state index in [1.54, 1.807) is 4.90 Å². The summed E-state index contributed by atoms with van der Waals surface area (Å²) in [6.45, 7) is 0.0542. The molecule has 3 aromatic rings. The predicted octanol–water partition coefficient (Wildman–Crippen LogP) is 1.28. The van der Waals surface area contributed by atoms with Gasteiger partial charge in [-0.3, -0.25) is 4.90 Å². The standard InChI is InChI=1S/C30H42N4O12S3/c1-41-25-10-7-22(19-28(25)44-4)47(35,36)31-13-16-34(17-14-32-48(37,38)23-8-11-26(42-2)29(20-23)45-5)18-15-33-49(39,40)24-9-12-27(43-3)30(21-24)46-6/h7-12,19-21,31-33H,13-18H2,1-6H3. The van der Waals surface area contributed by atoms with Crippen LogP contribution in [0.3, 0.4) is 0 Å². The van der Waals surface area contributed by atoms with Crippen LogP contribution in [-0.4, -0.2) is 112 Å². The highest BCUT2D eigenvalue weighted by atomic mass is 32.2. The first-order valence-electron chi connectivity index (χ1n) is 14.6. The van der Waals surface area contributed by atoms with Gasteiger partial charge in [0.2, 0.25) is 30.1 Å². The van der Waals surface area contributed by atoms with Gasteiger partial charge in [0.25, 0.3) is 0 Å². The lowest BCUT2D eigenvalue weighted by Crippen LogP contribution is -2.43. The normalized spacial score (nSPS) is 12.1. The number of rotatable bonds is 21. The summed E-state index contributed by atoms with van der Waals surface area (Å²) in [5.74, 6) is 1.78. The van der Waals surface area contributed by atoms with Crippen LogP contribution in [0.1, 0.15) is 0 Å². The Hall–Kier alpha value is -3.85. The molecule has 0 aromatic heterocycles. The Morgan fingerprint density at radius 2 is 0.673 bits per heavy atom. The van der Waals surface area contributed by atoms with Crippen LogP contribution in [0.15, 0.2) is 69.3 Å². The molecule has 0 amide bonds. The highest BCUT2D eigenvalue weighted by molar-refractivity contribution is 7.90. The van der Waals surface area contributed by atoms with E-state index in [1.807, 2.05) is 0 Å². The van der Waals surface area contributed by atoms with Gasteiger partial charge in [-0.25, -0.2) is 39.4 Å². The molecule has 49 heavy (non-hydrogen) atoms. The quantitative estimate of drug-likeness (QED) is 0.141. The smallest absolute Gasteiger partial charge is 0.240 e. The van der Waals surface area contributed by atoms with Crippen LogP contribution in [-0.2, 0) is 30.1 Å². The summed E-state index contributed by atoms with van der Waals surface area (Å²) in [4.78, 5) is 1.54. The van der Waals surface area contributed by atoms with Gasteiger partial charge < -0.3 is 28.4 Å². The topological polar surface area (TPSA) is 197 Å². The molecular weight excluding hydrogens is 705 g/mol. The van der Waals surface area contributed by atoms with Crippen molar-refractivity contribution in [3.63, 3.8) is 0 Å². The van der Waals surface area contributed by atoms with Crippen LogP contribution in [0.2, 0.25) is 0 Å². The fourth-order valence-electron chi connectivity index (χ4n) is 4.55. The molecule has 0 aliphatic rings. The van der Waals surface area contributed by atoms with Crippen LogP contribution in [0, 0.1) is 0 Å². The van der Waals surface area contributed by atoms with Gasteiger partial charge in [0.15, 0.2) is 34.5 Å². The van der Waals surface area contributed by atoms with Crippen molar-refractivity contribution in [3.05, 3.63) is 54.6 Å². The number of hydrogen-bond donors (Lipinski definition) is 3. The van der Waals surface area contributed by atoms with Gasteiger partial charge >= 0.3 is 0 Å². The molecule has 0 radical (unpaired) electrons. The van der Waals surface area contributed by atoms with E-state index in [1.165, 1.54) is 97.3 Å². The van der Waals surface area contributed by atoms with Gasteiger partial charge in [-0.1, -0.05) is 0 Å². The highest BCUT2D eigenvalue weighted by Crippen LogP contribution is 2.31. The van der Waals surface area contributed by atoms with Crippen molar-refractivity contribution in [2.75, 3.05) is 81.9 Å². The molecular formula is C30H42N4O12S3. The maximum atomic E-state index is 13.0. The third-order valence-corrected chi connectivity index (χ3v) is 11.5. The molecule has 0 aliphatic heterocycles. The Bertz CT molecular complexity index is 1670. The number of nitrogens with one attached hydrogen (secondary N) is 3. The van der Waals surface area contributed by atoms with Crippen molar-refractivity contribution in [2.24, 2.45) is 0 Å². The van der Waals surface area contributed by atoms with E-state index < -0.39 is 30.1 Å². The number of sulfonamides is 3. The maximum absolute atomic E-state index is 13.0. The number of ether oxygens (including phenoxy) is 6. The lowest BCUT2D eigenvalue weighted by Gasteiger charge is -2.23. The van der Waals surface area contributed by atoms with E-state index in [0.29, 0.717) is 17.2 Å². The summed E-state index contributed by atoms with van der Waals surface area (Å²) in [6, 6.07) is 12.5. The minimum atomic E-state index is -3.98. The van der Waals surface area contributed by atoms with E-state index in [4.69, 9.17) is 28.4 Å². The van der Waals surface area contributed by atoms with Crippen molar-refractivity contribution in [1.29, 1.82) is 0 Å². The number of nitrogens with zero attached hydrogens (tertiary/aromatic N) is 1. The van der Waals surface area contributed by atoms with Gasteiger partial charge in [0, 0.05) is 57.5 Å². The van der Waals surface area contributed by atoms with Gasteiger partial charge in [0.05, 0.1) is 57.3 Å². The molecule has 272 valence electrons. The molecule has 0 bridgehead atoms. The van der Waals surface area contributed by atoms with Gasteiger partial charge in [-0.15, -0.1) is 0 Å². The van der Waals surface area contributed by atoms with Gasteiger partial charge in [-0.05, 0) is 36.4 Å². The molecule has 0 atom stereocenters. The molecule has 0 aliphatic carbocycles.